The Kier molecular flexibility index (Phi) is 5.58. The molecule has 2 aromatic heterocycles. The summed E-state index contributed by atoms with van der Waals surface area (Å²) in [5.74, 6) is 2.00. The van der Waals surface area contributed by atoms with Crippen LogP contribution in [0.2, 0.25) is 0 Å². The maximum Gasteiger partial charge on any atom is 0.241 e. The molecule has 0 saturated carbocycles. The minimum absolute atomic E-state index is 0.219. The van der Waals surface area contributed by atoms with Crippen molar-refractivity contribution in [1.29, 1.82) is 0 Å². The van der Waals surface area contributed by atoms with Crippen LogP contribution in [0.5, 0.6) is 5.75 Å². The van der Waals surface area contributed by atoms with Gasteiger partial charge in [-0.25, -0.2) is 9.37 Å². The highest BCUT2D eigenvalue weighted by Gasteiger charge is 2.18. The van der Waals surface area contributed by atoms with Gasteiger partial charge in [-0.15, -0.1) is 0 Å². The molecule has 154 valence electrons. The number of hydrogen-bond donors (Lipinski definition) is 0. The Hall–Kier alpha value is -3.52. The lowest BCUT2D eigenvalue weighted by Crippen LogP contribution is -2.18. The van der Waals surface area contributed by atoms with Crippen molar-refractivity contribution in [1.82, 2.24) is 20.0 Å². The molecule has 4 aromatic rings. The number of aryl methyl sites for hydroxylation is 1. The summed E-state index contributed by atoms with van der Waals surface area (Å²) in [7, 11) is 3.44. The Morgan fingerprint density at radius 1 is 1.07 bits per heavy atom. The monoisotopic (exact) mass is 408 g/mol. The normalized spacial score (nSPS) is 11.2. The lowest BCUT2D eigenvalue weighted by atomic mass is 10.2. The van der Waals surface area contributed by atoms with Gasteiger partial charge < -0.3 is 13.7 Å². The molecule has 0 unspecified atom stereocenters. The first kappa shape index (κ1) is 19.8. The maximum atomic E-state index is 14.2. The summed E-state index contributed by atoms with van der Waals surface area (Å²) in [6.07, 6.45) is 0. The van der Waals surface area contributed by atoms with Crippen LogP contribution in [-0.2, 0) is 13.1 Å². The average molecular weight is 408 g/mol. The Labute approximate surface area is 173 Å². The van der Waals surface area contributed by atoms with E-state index in [0.717, 1.165) is 5.56 Å². The minimum atomic E-state index is -0.420. The zero-order valence-corrected chi connectivity index (χ0v) is 16.9. The van der Waals surface area contributed by atoms with Crippen molar-refractivity contribution in [3.63, 3.8) is 0 Å². The van der Waals surface area contributed by atoms with E-state index in [9.17, 15) is 4.39 Å². The van der Waals surface area contributed by atoms with Crippen molar-refractivity contribution >= 4 is 0 Å². The quantitative estimate of drug-likeness (QED) is 0.446. The van der Waals surface area contributed by atoms with Gasteiger partial charge in [0.15, 0.2) is 0 Å². The molecule has 8 heteroatoms. The summed E-state index contributed by atoms with van der Waals surface area (Å²) < 4.78 is 30.5. The van der Waals surface area contributed by atoms with E-state index < -0.39 is 5.82 Å². The molecule has 7 nitrogen and oxygen atoms in total. The van der Waals surface area contributed by atoms with Crippen LogP contribution in [0, 0.1) is 12.7 Å². The zero-order chi connectivity index (χ0) is 21.1. The zero-order valence-electron chi connectivity index (χ0n) is 16.9. The Bertz CT molecular complexity index is 1140. The third-order valence-corrected chi connectivity index (χ3v) is 4.62. The molecule has 0 aliphatic rings. The van der Waals surface area contributed by atoms with Crippen molar-refractivity contribution < 1.29 is 18.1 Å². The van der Waals surface area contributed by atoms with Gasteiger partial charge in [-0.2, -0.15) is 4.98 Å². The lowest BCUT2D eigenvalue weighted by Gasteiger charge is -2.12. The fraction of sp³-hybridized carbons (Fsp3) is 0.227. The third-order valence-electron chi connectivity index (χ3n) is 4.62. The first-order chi connectivity index (χ1) is 14.5. The van der Waals surface area contributed by atoms with E-state index in [2.05, 4.69) is 15.1 Å². The first-order valence-corrected chi connectivity index (χ1v) is 9.40. The molecule has 0 N–H and O–H groups in total. The molecule has 2 heterocycles. The Morgan fingerprint density at radius 3 is 2.63 bits per heavy atom. The topological polar surface area (TPSA) is 77.4 Å². The summed E-state index contributed by atoms with van der Waals surface area (Å²) >= 11 is 0. The number of halogens is 1. The van der Waals surface area contributed by atoms with Crippen LogP contribution < -0.4 is 4.74 Å². The van der Waals surface area contributed by atoms with E-state index in [4.69, 9.17) is 13.7 Å². The van der Waals surface area contributed by atoms with Crippen LogP contribution in [0.1, 0.15) is 17.3 Å². The van der Waals surface area contributed by atoms with E-state index in [1.165, 1.54) is 13.2 Å². The molecule has 0 aliphatic heterocycles. The second-order valence-corrected chi connectivity index (χ2v) is 6.92. The van der Waals surface area contributed by atoms with Crippen molar-refractivity contribution in [3.05, 3.63) is 71.7 Å². The van der Waals surface area contributed by atoms with Crippen molar-refractivity contribution in [3.8, 4) is 28.6 Å². The second kappa shape index (κ2) is 8.46. The highest BCUT2D eigenvalue weighted by atomic mass is 19.1. The standard InChI is InChI=1S/C22H21FN4O3/c1-14-19(24-22(29-14)17-11-16(28-3)9-10-18(17)23)12-27(2)13-20-25-21(26-30-20)15-7-5-4-6-8-15/h4-11H,12-13H2,1-3H3. The largest absolute Gasteiger partial charge is 0.497 e. The van der Waals surface area contributed by atoms with Crippen LogP contribution in [0.3, 0.4) is 0 Å². The van der Waals surface area contributed by atoms with Crippen LogP contribution in [0.15, 0.2) is 57.5 Å². The molecular formula is C22H21FN4O3. The molecule has 0 aliphatic carbocycles. The second-order valence-electron chi connectivity index (χ2n) is 6.92. The predicted molar refractivity (Wildman–Crippen MR) is 108 cm³/mol. The molecule has 0 fully saturated rings. The first-order valence-electron chi connectivity index (χ1n) is 9.40. The Balaban J connectivity index is 1.47. The van der Waals surface area contributed by atoms with Gasteiger partial charge >= 0.3 is 0 Å². The van der Waals surface area contributed by atoms with Gasteiger partial charge in [-0.3, -0.25) is 4.90 Å². The van der Waals surface area contributed by atoms with Crippen molar-refractivity contribution in [2.24, 2.45) is 0 Å². The van der Waals surface area contributed by atoms with Crippen LogP contribution in [0.4, 0.5) is 4.39 Å². The number of methoxy groups -OCH3 is 1. The molecule has 0 spiro atoms. The van der Waals surface area contributed by atoms with Crippen molar-refractivity contribution in [2.45, 2.75) is 20.0 Å². The van der Waals surface area contributed by atoms with Crippen molar-refractivity contribution in [2.75, 3.05) is 14.2 Å². The van der Waals surface area contributed by atoms with E-state index >= 15 is 0 Å². The molecule has 0 bridgehead atoms. The number of rotatable bonds is 7. The number of nitrogens with zero attached hydrogens (tertiary/aromatic N) is 4. The number of benzene rings is 2. The average Bonchev–Trinajstić information content (AvgIpc) is 3.36. The summed E-state index contributed by atoms with van der Waals surface area (Å²) in [5, 5.41) is 4.03. The summed E-state index contributed by atoms with van der Waals surface area (Å²) in [6, 6.07) is 14.1. The maximum absolute atomic E-state index is 14.2. The fourth-order valence-corrected chi connectivity index (χ4v) is 3.05. The van der Waals surface area contributed by atoms with Crippen LogP contribution >= 0.6 is 0 Å². The fourth-order valence-electron chi connectivity index (χ4n) is 3.05. The van der Waals surface area contributed by atoms with E-state index in [0.29, 0.717) is 42.0 Å². The molecule has 2 aromatic carbocycles. The highest BCUT2D eigenvalue weighted by molar-refractivity contribution is 5.57. The van der Waals surface area contributed by atoms with Gasteiger partial charge in [-0.05, 0) is 32.2 Å². The van der Waals surface area contributed by atoms with Crippen LogP contribution in [0.25, 0.3) is 22.8 Å². The van der Waals surface area contributed by atoms with Gasteiger partial charge in [-0.1, -0.05) is 35.5 Å². The molecule has 4 rings (SSSR count). The predicted octanol–water partition coefficient (Wildman–Crippen LogP) is 4.48. The molecular weight excluding hydrogens is 387 g/mol. The van der Waals surface area contributed by atoms with E-state index in [1.54, 1.807) is 19.1 Å². The lowest BCUT2D eigenvalue weighted by molar-refractivity contribution is 0.258. The molecule has 0 atom stereocenters. The SMILES string of the molecule is COc1ccc(F)c(-c2nc(CN(C)Cc3nc(-c4ccccc4)no3)c(C)o2)c1. The number of aromatic nitrogens is 3. The third kappa shape index (κ3) is 4.23. The smallest absolute Gasteiger partial charge is 0.241 e. The molecule has 0 amide bonds. The summed E-state index contributed by atoms with van der Waals surface area (Å²) in [5.41, 5.74) is 1.86. The van der Waals surface area contributed by atoms with Gasteiger partial charge in [0.05, 0.1) is 24.9 Å². The molecule has 0 saturated heterocycles. The number of hydrogen-bond acceptors (Lipinski definition) is 7. The van der Waals surface area contributed by atoms with Gasteiger partial charge in [0.25, 0.3) is 0 Å². The Morgan fingerprint density at radius 2 is 1.87 bits per heavy atom. The van der Waals surface area contributed by atoms with Gasteiger partial charge in [0, 0.05) is 12.1 Å². The minimum Gasteiger partial charge on any atom is -0.497 e. The van der Waals surface area contributed by atoms with Gasteiger partial charge in [0.1, 0.15) is 17.3 Å². The van der Waals surface area contributed by atoms with E-state index in [-0.39, 0.29) is 11.5 Å². The summed E-state index contributed by atoms with van der Waals surface area (Å²) in [4.78, 5) is 10.9. The summed E-state index contributed by atoms with van der Waals surface area (Å²) in [6.45, 7) is 2.72. The number of ether oxygens (including phenoxy) is 1. The van der Waals surface area contributed by atoms with Crippen LogP contribution in [-0.4, -0.2) is 34.2 Å². The molecule has 0 radical (unpaired) electrons. The number of oxazole rings is 1. The van der Waals surface area contributed by atoms with E-state index in [1.807, 2.05) is 42.3 Å². The highest BCUT2D eigenvalue weighted by Crippen LogP contribution is 2.28. The molecule has 30 heavy (non-hydrogen) atoms. The van der Waals surface area contributed by atoms with Gasteiger partial charge in [0.2, 0.25) is 17.6 Å².